The summed E-state index contributed by atoms with van der Waals surface area (Å²) in [6.07, 6.45) is 5.31. The molecule has 0 saturated carbocycles. The van der Waals surface area contributed by atoms with E-state index in [0.717, 1.165) is 48.6 Å². The Balaban J connectivity index is 0.00000156. The lowest BCUT2D eigenvalue weighted by Crippen LogP contribution is -2.50. The lowest BCUT2D eigenvalue weighted by Gasteiger charge is -2.37. The molecule has 2 aliphatic heterocycles. The van der Waals surface area contributed by atoms with Gasteiger partial charge in [0.2, 0.25) is 0 Å². The van der Waals surface area contributed by atoms with Crippen LogP contribution in [0.4, 0.5) is 0 Å². The minimum atomic E-state index is 0. The van der Waals surface area contributed by atoms with Crippen LogP contribution in [0.15, 0.2) is 24.5 Å². The topological polar surface area (TPSA) is 35.8 Å². The van der Waals surface area contributed by atoms with Crippen LogP contribution >= 0.6 is 24.0 Å². The van der Waals surface area contributed by atoms with Crippen molar-refractivity contribution in [2.75, 3.05) is 39.3 Å². The van der Waals surface area contributed by atoms with Crippen LogP contribution in [-0.4, -0.2) is 64.5 Å². The van der Waals surface area contributed by atoms with E-state index in [4.69, 9.17) is 11.6 Å². The zero-order valence-electron chi connectivity index (χ0n) is 13.1. The maximum atomic E-state index is 6.03. The Morgan fingerprint density at radius 1 is 1.17 bits per heavy atom. The Kier molecular flexibility index (Phi) is 5.44. The van der Waals surface area contributed by atoms with E-state index in [9.17, 15) is 0 Å². The molecule has 0 aromatic carbocycles. The number of piperazine rings is 1. The molecule has 1 unspecified atom stereocenters. The molecule has 1 N–H and O–H groups in total. The van der Waals surface area contributed by atoms with Crippen molar-refractivity contribution in [2.24, 2.45) is 0 Å². The third-order valence-electron chi connectivity index (χ3n) is 4.81. The summed E-state index contributed by atoms with van der Waals surface area (Å²) in [7, 11) is 0. The summed E-state index contributed by atoms with van der Waals surface area (Å²) in [6.45, 7) is 7.87. The molecule has 2 fully saturated rings. The molecule has 2 aromatic rings. The minimum Gasteiger partial charge on any atom is -0.315 e. The Morgan fingerprint density at radius 3 is 2.74 bits per heavy atom. The van der Waals surface area contributed by atoms with Gasteiger partial charge in [-0.05, 0) is 25.1 Å². The van der Waals surface area contributed by atoms with Crippen molar-refractivity contribution >= 4 is 29.7 Å². The van der Waals surface area contributed by atoms with Gasteiger partial charge in [-0.1, -0.05) is 11.6 Å². The molecule has 0 radical (unpaired) electrons. The van der Waals surface area contributed by atoms with Gasteiger partial charge in [-0.15, -0.1) is 12.4 Å². The molecule has 0 spiro atoms. The second-order valence-electron chi connectivity index (χ2n) is 6.30. The maximum absolute atomic E-state index is 6.03. The highest BCUT2D eigenvalue weighted by Crippen LogP contribution is 2.15. The van der Waals surface area contributed by atoms with Crippen LogP contribution in [0, 0.1) is 0 Å². The highest BCUT2D eigenvalue weighted by molar-refractivity contribution is 6.30. The van der Waals surface area contributed by atoms with E-state index in [1.165, 1.54) is 26.1 Å². The fourth-order valence-electron chi connectivity index (χ4n) is 3.56. The van der Waals surface area contributed by atoms with Crippen molar-refractivity contribution in [3.63, 3.8) is 0 Å². The number of fused-ring (bicyclic) bond motifs is 1. The number of halogens is 2. The minimum absolute atomic E-state index is 0. The van der Waals surface area contributed by atoms with Crippen LogP contribution in [-0.2, 0) is 6.54 Å². The third-order valence-corrected chi connectivity index (χ3v) is 5.03. The molecule has 5 nitrogen and oxygen atoms in total. The van der Waals surface area contributed by atoms with Gasteiger partial charge in [0.1, 0.15) is 5.65 Å². The summed E-state index contributed by atoms with van der Waals surface area (Å²) in [5, 5.41) is 4.21. The first-order valence-electron chi connectivity index (χ1n) is 8.08. The molecule has 0 bridgehead atoms. The summed E-state index contributed by atoms with van der Waals surface area (Å²) in [4.78, 5) is 9.82. The highest BCUT2D eigenvalue weighted by atomic mass is 35.5. The summed E-state index contributed by atoms with van der Waals surface area (Å²) in [5.74, 6) is 0. The number of pyridine rings is 1. The van der Waals surface area contributed by atoms with Crippen molar-refractivity contribution in [3.8, 4) is 0 Å². The SMILES string of the molecule is Cl.Clc1ccc2nc(CN3CCN(C4CCNC4)CC3)cn2c1. The number of nitrogens with zero attached hydrogens (tertiary/aromatic N) is 4. The first-order valence-corrected chi connectivity index (χ1v) is 8.46. The van der Waals surface area contributed by atoms with E-state index in [1.807, 2.05) is 22.7 Å². The fraction of sp³-hybridized carbons (Fsp3) is 0.562. The standard InChI is InChI=1S/C16H22ClN5.ClH/c17-13-1-2-16-19-14(12-22(16)10-13)11-20-5-7-21(8-6-20)15-3-4-18-9-15;/h1-2,10,12,15,18H,3-9,11H2;1H. The highest BCUT2D eigenvalue weighted by Gasteiger charge is 2.26. The van der Waals surface area contributed by atoms with Crippen LogP contribution in [0.5, 0.6) is 0 Å². The molecule has 23 heavy (non-hydrogen) atoms. The number of hydrogen-bond acceptors (Lipinski definition) is 4. The molecule has 126 valence electrons. The summed E-state index contributed by atoms with van der Waals surface area (Å²) in [5.41, 5.74) is 2.09. The number of aromatic nitrogens is 2. The maximum Gasteiger partial charge on any atom is 0.137 e. The second kappa shape index (κ2) is 7.36. The van der Waals surface area contributed by atoms with Crippen molar-refractivity contribution in [1.82, 2.24) is 24.5 Å². The van der Waals surface area contributed by atoms with Gasteiger partial charge in [-0.25, -0.2) is 4.98 Å². The van der Waals surface area contributed by atoms with Crippen LogP contribution in [0.1, 0.15) is 12.1 Å². The fourth-order valence-corrected chi connectivity index (χ4v) is 3.73. The zero-order chi connectivity index (χ0) is 14.9. The van der Waals surface area contributed by atoms with E-state index in [-0.39, 0.29) is 12.4 Å². The Morgan fingerprint density at radius 2 is 2.00 bits per heavy atom. The number of imidazole rings is 1. The van der Waals surface area contributed by atoms with Crippen LogP contribution < -0.4 is 5.32 Å². The largest absolute Gasteiger partial charge is 0.315 e. The lowest BCUT2D eigenvalue weighted by atomic mass is 10.2. The smallest absolute Gasteiger partial charge is 0.137 e. The molecule has 7 heteroatoms. The molecule has 2 saturated heterocycles. The van der Waals surface area contributed by atoms with Crippen molar-refractivity contribution < 1.29 is 0 Å². The van der Waals surface area contributed by atoms with Gasteiger partial charge in [0.15, 0.2) is 0 Å². The van der Waals surface area contributed by atoms with Gasteiger partial charge in [0.25, 0.3) is 0 Å². The molecular formula is C16H23Cl2N5. The number of hydrogen-bond donors (Lipinski definition) is 1. The molecule has 4 heterocycles. The van der Waals surface area contributed by atoms with Gasteiger partial charge in [-0.3, -0.25) is 9.80 Å². The van der Waals surface area contributed by atoms with Crippen molar-refractivity contribution in [3.05, 3.63) is 35.2 Å². The normalized spacial score (nSPS) is 23.3. The van der Waals surface area contributed by atoms with Gasteiger partial charge >= 0.3 is 0 Å². The predicted octanol–water partition coefficient (Wildman–Crippen LogP) is 1.89. The molecular weight excluding hydrogens is 333 g/mol. The first kappa shape index (κ1) is 17.0. The summed E-state index contributed by atoms with van der Waals surface area (Å²) < 4.78 is 2.01. The van der Waals surface area contributed by atoms with E-state index >= 15 is 0 Å². The molecule has 2 aliphatic rings. The van der Waals surface area contributed by atoms with Crippen LogP contribution in [0.3, 0.4) is 0 Å². The molecule has 1 atom stereocenters. The average molecular weight is 356 g/mol. The van der Waals surface area contributed by atoms with Gasteiger partial charge in [0.05, 0.1) is 10.7 Å². The monoisotopic (exact) mass is 355 g/mol. The average Bonchev–Trinajstić information content (AvgIpc) is 3.16. The molecule has 4 rings (SSSR count). The number of rotatable bonds is 3. The second-order valence-corrected chi connectivity index (χ2v) is 6.74. The first-order chi connectivity index (χ1) is 10.8. The molecule has 0 amide bonds. The Hall–Kier alpha value is -0.850. The predicted molar refractivity (Wildman–Crippen MR) is 95.6 cm³/mol. The summed E-state index contributed by atoms with van der Waals surface area (Å²) in [6, 6.07) is 4.61. The van der Waals surface area contributed by atoms with E-state index in [2.05, 4.69) is 26.3 Å². The quantitative estimate of drug-likeness (QED) is 0.911. The van der Waals surface area contributed by atoms with Crippen molar-refractivity contribution in [2.45, 2.75) is 19.0 Å². The van der Waals surface area contributed by atoms with Gasteiger partial charge in [0, 0.05) is 57.7 Å². The third kappa shape index (κ3) is 3.80. The lowest BCUT2D eigenvalue weighted by molar-refractivity contribution is 0.0974. The van der Waals surface area contributed by atoms with Crippen LogP contribution in [0.25, 0.3) is 5.65 Å². The van der Waals surface area contributed by atoms with E-state index < -0.39 is 0 Å². The Labute approximate surface area is 148 Å². The Bertz CT molecular complexity index is 645. The van der Waals surface area contributed by atoms with Crippen LogP contribution in [0.2, 0.25) is 5.02 Å². The van der Waals surface area contributed by atoms with Gasteiger partial charge < -0.3 is 9.72 Å². The summed E-state index contributed by atoms with van der Waals surface area (Å²) >= 11 is 6.03. The van der Waals surface area contributed by atoms with Crippen molar-refractivity contribution in [1.29, 1.82) is 0 Å². The van der Waals surface area contributed by atoms with E-state index in [0.29, 0.717) is 0 Å². The zero-order valence-corrected chi connectivity index (χ0v) is 14.7. The van der Waals surface area contributed by atoms with E-state index in [1.54, 1.807) is 0 Å². The number of nitrogens with one attached hydrogen (secondary N) is 1. The molecule has 2 aromatic heterocycles. The molecule has 0 aliphatic carbocycles. The van der Waals surface area contributed by atoms with Gasteiger partial charge in [-0.2, -0.15) is 0 Å².